The van der Waals surface area contributed by atoms with E-state index < -0.39 is 15.8 Å². The van der Waals surface area contributed by atoms with E-state index in [4.69, 9.17) is 11.5 Å². The predicted octanol–water partition coefficient (Wildman–Crippen LogP) is -0.350. The van der Waals surface area contributed by atoms with E-state index in [9.17, 15) is 13.5 Å². The molecule has 0 saturated heterocycles. The van der Waals surface area contributed by atoms with E-state index in [-0.39, 0.29) is 10.6 Å². The standard InChI is InChI=1S/C7H9N3O3S/c8-4-10-14(12,13)7-2-1-5(9)3-6(7)11/h1-4,11H,9H2,(H2,8,10). The summed E-state index contributed by atoms with van der Waals surface area (Å²) in [6.45, 7) is 0. The quantitative estimate of drug-likeness (QED) is 0.354. The molecule has 0 spiro atoms. The van der Waals surface area contributed by atoms with Gasteiger partial charge in [0.2, 0.25) is 0 Å². The maximum atomic E-state index is 11.3. The van der Waals surface area contributed by atoms with Crippen molar-refractivity contribution in [2.75, 3.05) is 5.73 Å². The second-order valence-electron chi connectivity index (χ2n) is 2.46. The van der Waals surface area contributed by atoms with Gasteiger partial charge in [0.1, 0.15) is 10.6 Å². The van der Waals surface area contributed by atoms with Crippen LogP contribution in [0.25, 0.3) is 0 Å². The minimum absolute atomic E-state index is 0.262. The largest absolute Gasteiger partial charge is 0.506 e. The summed E-state index contributed by atoms with van der Waals surface area (Å²) in [5, 5.41) is 9.28. The van der Waals surface area contributed by atoms with Gasteiger partial charge >= 0.3 is 0 Å². The van der Waals surface area contributed by atoms with Gasteiger partial charge in [-0.2, -0.15) is 12.8 Å². The molecule has 0 aromatic heterocycles. The number of aromatic hydroxyl groups is 1. The Labute approximate surface area is 80.9 Å². The van der Waals surface area contributed by atoms with Gasteiger partial charge in [0.05, 0.1) is 6.34 Å². The second-order valence-corrected chi connectivity index (χ2v) is 4.06. The minimum atomic E-state index is -3.92. The third-order valence-electron chi connectivity index (χ3n) is 1.46. The first-order valence-corrected chi connectivity index (χ1v) is 5.00. The van der Waals surface area contributed by atoms with Crippen molar-refractivity contribution in [2.45, 2.75) is 4.90 Å². The van der Waals surface area contributed by atoms with Crippen molar-refractivity contribution in [1.29, 1.82) is 0 Å². The summed E-state index contributed by atoms with van der Waals surface area (Å²) in [5.74, 6) is -0.449. The van der Waals surface area contributed by atoms with Gasteiger partial charge in [0, 0.05) is 11.8 Å². The first-order chi connectivity index (χ1) is 6.47. The van der Waals surface area contributed by atoms with Crippen molar-refractivity contribution in [3.8, 4) is 5.75 Å². The zero-order chi connectivity index (χ0) is 10.8. The van der Waals surface area contributed by atoms with Crippen LogP contribution in [0, 0.1) is 0 Å². The molecular weight excluding hydrogens is 206 g/mol. The fourth-order valence-electron chi connectivity index (χ4n) is 0.889. The third-order valence-corrected chi connectivity index (χ3v) is 2.76. The van der Waals surface area contributed by atoms with Gasteiger partial charge in [-0.05, 0) is 12.1 Å². The summed E-state index contributed by atoms with van der Waals surface area (Å²) in [5.41, 5.74) is 10.4. The van der Waals surface area contributed by atoms with Gasteiger partial charge in [-0.15, -0.1) is 0 Å². The topological polar surface area (TPSA) is 119 Å². The molecule has 7 heteroatoms. The summed E-state index contributed by atoms with van der Waals surface area (Å²) in [4.78, 5) is -0.326. The minimum Gasteiger partial charge on any atom is -0.506 e. The maximum absolute atomic E-state index is 11.3. The Balaban J connectivity index is 3.34. The number of hydrogen-bond acceptors (Lipinski definition) is 4. The van der Waals surface area contributed by atoms with Gasteiger partial charge < -0.3 is 16.6 Å². The van der Waals surface area contributed by atoms with Crippen molar-refractivity contribution >= 4 is 22.0 Å². The monoisotopic (exact) mass is 215 g/mol. The molecule has 0 aliphatic heterocycles. The van der Waals surface area contributed by atoms with Crippen LogP contribution in [0.2, 0.25) is 0 Å². The van der Waals surface area contributed by atoms with Crippen molar-refractivity contribution in [1.82, 2.24) is 0 Å². The van der Waals surface area contributed by atoms with Crippen LogP contribution in [0.15, 0.2) is 27.5 Å². The molecule has 6 nitrogen and oxygen atoms in total. The molecule has 0 atom stereocenters. The Bertz CT molecular complexity index is 467. The number of nitrogens with zero attached hydrogens (tertiary/aromatic N) is 1. The Morgan fingerprint density at radius 2 is 2.07 bits per heavy atom. The molecule has 0 radical (unpaired) electrons. The molecule has 0 amide bonds. The van der Waals surface area contributed by atoms with Gasteiger partial charge in [0.15, 0.2) is 0 Å². The molecule has 0 aliphatic carbocycles. The van der Waals surface area contributed by atoms with Crippen LogP contribution in [-0.4, -0.2) is 19.9 Å². The number of benzene rings is 1. The summed E-state index contributed by atoms with van der Waals surface area (Å²) < 4.78 is 25.6. The van der Waals surface area contributed by atoms with Crippen LogP contribution < -0.4 is 11.5 Å². The number of nitrogens with two attached hydrogens (primary N) is 2. The number of hydrogen-bond donors (Lipinski definition) is 3. The van der Waals surface area contributed by atoms with E-state index in [0.29, 0.717) is 6.34 Å². The number of rotatable bonds is 2. The highest BCUT2D eigenvalue weighted by molar-refractivity contribution is 7.90. The highest BCUT2D eigenvalue weighted by atomic mass is 32.2. The predicted molar refractivity (Wildman–Crippen MR) is 52.4 cm³/mol. The second kappa shape index (κ2) is 3.54. The number of phenols is 1. The Kier molecular flexibility index (Phi) is 2.61. The smallest absolute Gasteiger partial charge is 0.287 e. The van der Waals surface area contributed by atoms with E-state index >= 15 is 0 Å². The molecule has 0 aliphatic rings. The van der Waals surface area contributed by atoms with E-state index in [1.54, 1.807) is 0 Å². The normalized spacial score (nSPS) is 12.0. The number of anilines is 1. The summed E-state index contributed by atoms with van der Waals surface area (Å²) in [6.07, 6.45) is 0.644. The SMILES string of the molecule is NC=NS(=O)(=O)c1ccc(N)cc1O. The lowest BCUT2D eigenvalue weighted by Gasteiger charge is -2.02. The fourth-order valence-corrected chi connectivity index (χ4v) is 1.73. The number of phenolic OH excluding ortho intramolecular Hbond substituents is 1. The molecule has 0 bridgehead atoms. The van der Waals surface area contributed by atoms with Gasteiger partial charge in [-0.25, -0.2) is 0 Å². The molecule has 5 N–H and O–H groups in total. The van der Waals surface area contributed by atoms with E-state index in [1.807, 2.05) is 0 Å². The third kappa shape index (κ3) is 1.94. The van der Waals surface area contributed by atoms with Gasteiger partial charge in [-0.3, -0.25) is 0 Å². The van der Waals surface area contributed by atoms with E-state index in [2.05, 4.69) is 4.40 Å². The summed E-state index contributed by atoms with van der Waals surface area (Å²) in [6, 6.07) is 3.63. The van der Waals surface area contributed by atoms with Crippen molar-refractivity contribution < 1.29 is 13.5 Å². The molecule has 0 fully saturated rings. The first-order valence-electron chi connectivity index (χ1n) is 3.56. The van der Waals surface area contributed by atoms with Crippen molar-refractivity contribution in [2.24, 2.45) is 10.1 Å². The first kappa shape index (κ1) is 10.3. The molecule has 1 aromatic carbocycles. The summed E-state index contributed by atoms with van der Waals surface area (Å²) >= 11 is 0. The van der Waals surface area contributed by atoms with Crippen LogP contribution >= 0.6 is 0 Å². The maximum Gasteiger partial charge on any atom is 0.287 e. The Morgan fingerprint density at radius 3 is 2.57 bits per heavy atom. The number of nitrogen functional groups attached to an aromatic ring is 1. The number of sulfonamides is 1. The van der Waals surface area contributed by atoms with Gasteiger partial charge in [-0.1, -0.05) is 0 Å². The zero-order valence-corrected chi connectivity index (χ0v) is 7.90. The van der Waals surface area contributed by atoms with E-state index in [0.717, 1.165) is 12.1 Å². The average molecular weight is 215 g/mol. The van der Waals surface area contributed by atoms with Crippen LogP contribution in [0.1, 0.15) is 0 Å². The highest BCUT2D eigenvalue weighted by Gasteiger charge is 2.16. The lowest BCUT2D eigenvalue weighted by atomic mass is 10.3. The zero-order valence-electron chi connectivity index (χ0n) is 7.08. The van der Waals surface area contributed by atoms with Crippen molar-refractivity contribution in [3.63, 3.8) is 0 Å². The molecular formula is C7H9N3O3S. The van der Waals surface area contributed by atoms with Crippen LogP contribution in [-0.2, 0) is 10.0 Å². The molecule has 0 saturated carbocycles. The molecule has 76 valence electrons. The summed E-state index contributed by atoms with van der Waals surface area (Å²) in [7, 11) is -3.92. The molecule has 0 heterocycles. The Hall–Kier alpha value is -1.76. The van der Waals surface area contributed by atoms with E-state index in [1.165, 1.54) is 6.07 Å². The molecule has 0 unspecified atom stereocenters. The lowest BCUT2D eigenvalue weighted by Crippen LogP contribution is -2.01. The molecule has 14 heavy (non-hydrogen) atoms. The van der Waals surface area contributed by atoms with Gasteiger partial charge in [0.25, 0.3) is 10.0 Å². The van der Waals surface area contributed by atoms with Crippen LogP contribution in [0.5, 0.6) is 5.75 Å². The van der Waals surface area contributed by atoms with Crippen LogP contribution in [0.3, 0.4) is 0 Å². The van der Waals surface area contributed by atoms with Crippen molar-refractivity contribution in [3.05, 3.63) is 18.2 Å². The molecule has 1 aromatic rings. The fraction of sp³-hybridized carbons (Fsp3) is 0. The molecule has 1 rings (SSSR count). The lowest BCUT2D eigenvalue weighted by molar-refractivity contribution is 0.459. The highest BCUT2D eigenvalue weighted by Crippen LogP contribution is 2.25. The Morgan fingerprint density at radius 1 is 1.43 bits per heavy atom. The van der Waals surface area contributed by atoms with Crippen LogP contribution in [0.4, 0.5) is 5.69 Å². The average Bonchev–Trinajstić information content (AvgIpc) is 2.02.